The van der Waals surface area contributed by atoms with Gasteiger partial charge in [-0.3, -0.25) is 4.79 Å². The Kier molecular flexibility index (Phi) is 4.90. The second-order valence-corrected chi connectivity index (χ2v) is 7.43. The van der Waals surface area contributed by atoms with Crippen molar-refractivity contribution >= 4 is 11.6 Å². The van der Waals surface area contributed by atoms with Crippen LogP contribution in [0.25, 0.3) is 5.69 Å². The summed E-state index contributed by atoms with van der Waals surface area (Å²) in [7, 11) is 0. The maximum Gasteiger partial charge on any atom is 0.253 e. The Morgan fingerprint density at radius 2 is 1.61 bits per heavy atom. The molecule has 0 saturated carbocycles. The van der Waals surface area contributed by atoms with Gasteiger partial charge in [-0.15, -0.1) is 0 Å². The second kappa shape index (κ2) is 7.50. The van der Waals surface area contributed by atoms with Crippen molar-refractivity contribution < 1.29 is 4.79 Å². The molecule has 0 bridgehead atoms. The molecule has 0 atom stereocenters. The van der Waals surface area contributed by atoms with Crippen LogP contribution in [0.4, 0.5) is 5.69 Å². The van der Waals surface area contributed by atoms with Gasteiger partial charge < -0.3 is 9.80 Å². The van der Waals surface area contributed by atoms with Crippen LogP contribution in [0.5, 0.6) is 0 Å². The number of rotatable bonds is 3. The summed E-state index contributed by atoms with van der Waals surface area (Å²) in [6.07, 6.45) is 1.78. The van der Waals surface area contributed by atoms with Gasteiger partial charge in [0, 0.05) is 49.3 Å². The summed E-state index contributed by atoms with van der Waals surface area (Å²) >= 11 is 0. The van der Waals surface area contributed by atoms with E-state index in [0.29, 0.717) is 0 Å². The third-order valence-electron chi connectivity index (χ3n) is 5.67. The van der Waals surface area contributed by atoms with Crippen molar-refractivity contribution in [2.24, 2.45) is 0 Å². The first kappa shape index (κ1) is 18.3. The van der Waals surface area contributed by atoms with E-state index in [1.165, 1.54) is 16.8 Å². The Hall–Kier alpha value is -3.08. The average molecular weight is 374 g/mol. The molecule has 0 spiro atoms. The number of carbonyl (C=O) groups excluding carboxylic acids is 1. The number of aromatic nitrogens is 2. The van der Waals surface area contributed by atoms with E-state index < -0.39 is 0 Å². The summed E-state index contributed by atoms with van der Waals surface area (Å²) in [4.78, 5) is 17.3. The molecule has 4 rings (SSSR count). The third-order valence-corrected chi connectivity index (χ3v) is 5.67. The highest BCUT2D eigenvalue weighted by Crippen LogP contribution is 2.24. The van der Waals surface area contributed by atoms with Crippen LogP contribution in [0.1, 0.15) is 27.2 Å². The van der Waals surface area contributed by atoms with Crippen LogP contribution in [-0.4, -0.2) is 46.8 Å². The van der Waals surface area contributed by atoms with E-state index in [1.807, 2.05) is 46.8 Å². The quantitative estimate of drug-likeness (QED) is 0.701. The zero-order valence-electron chi connectivity index (χ0n) is 16.7. The van der Waals surface area contributed by atoms with Crippen LogP contribution in [0.15, 0.2) is 54.7 Å². The molecule has 1 aliphatic heterocycles. The molecule has 0 N–H and O–H groups in total. The van der Waals surface area contributed by atoms with Crippen molar-refractivity contribution in [3.8, 4) is 5.69 Å². The fourth-order valence-electron chi connectivity index (χ4n) is 3.80. The van der Waals surface area contributed by atoms with E-state index >= 15 is 0 Å². The third kappa shape index (κ3) is 3.40. The highest BCUT2D eigenvalue weighted by Gasteiger charge is 2.23. The molecule has 0 radical (unpaired) electrons. The molecular weight excluding hydrogens is 348 g/mol. The summed E-state index contributed by atoms with van der Waals surface area (Å²) in [5.74, 6) is 0.101. The number of piperazine rings is 1. The van der Waals surface area contributed by atoms with Crippen molar-refractivity contribution in [3.05, 3.63) is 77.1 Å². The molecule has 2 heterocycles. The minimum Gasteiger partial charge on any atom is -0.368 e. The smallest absolute Gasteiger partial charge is 0.253 e. The van der Waals surface area contributed by atoms with Crippen molar-refractivity contribution in [2.45, 2.75) is 20.8 Å². The average Bonchev–Trinajstić information content (AvgIpc) is 3.16. The predicted octanol–water partition coefficient (Wildman–Crippen LogP) is 3.76. The van der Waals surface area contributed by atoms with Gasteiger partial charge in [-0.05, 0) is 68.3 Å². The fourth-order valence-corrected chi connectivity index (χ4v) is 3.80. The molecule has 0 aliphatic carbocycles. The van der Waals surface area contributed by atoms with Crippen LogP contribution in [0.2, 0.25) is 0 Å². The van der Waals surface area contributed by atoms with Gasteiger partial charge in [0.05, 0.1) is 5.69 Å². The number of amides is 1. The standard InChI is InChI=1S/C23H26N4O/c1-17-5-4-6-22(19(17)3)25-13-15-26(16-14-25)23(28)20-7-9-21(10-8-20)27-18(2)11-12-24-27/h4-12H,13-16H2,1-3H3. The molecule has 1 fully saturated rings. The maximum atomic E-state index is 12.9. The highest BCUT2D eigenvalue weighted by molar-refractivity contribution is 5.94. The molecule has 1 aromatic heterocycles. The van der Waals surface area contributed by atoms with Gasteiger partial charge in [-0.1, -0.05) is 12.1 Å². The lowest BCUT2D eigenvalue weighted by Crippen LogP contribution is -2.49. The second-order valence-electron chi connectivity index (χ2n) is 7.43. The molecule has 5 nitrogen and oxygen atoms in total. The normalized spacial score (nSPS) is 14.4. The Morgan fingerprint density at radius 3 is 2.25 bits per heavy atom. The number of hydrogen-bond acceptors (Lipinski definition) is 3. The molecule has 1 aliphatic rings. The molecule has 2 aromatic carbocycles. The number of nitrogens with zero attached hydrogens (tertiary/aromatic N) is 4. The lowest BCUT2D eigenvalue weighted by atomic mass is 10.1. The van der Waals surface area contributed by atoms with Crippen LogP contribution in [0.3, 0.4) is 0 Å². The number of hydrogen-bond donors (Lipinski definition) is 0. The minimum atomic E-state index is 0.101. The molecule has 1 saturated heterocycles. The Balaban J connectivity index is 1.43. The zero-order chi connectivity index (χ0) is 19.7. The molecule has 1 amide bonds. The SMILES string of the molecule is Cc1cccc(N2CCN(C(=O)c3ccc(-n4nccc4C)cc3)CC2)c1C. The van der Waals surface area contributed by atoms with E-state index in [9.17, 15) is 4.79 Å². The van der Waals surface area contributed by atoms with Crippen molar-refractivity contribution in [1.82, 2.24) is 14.7 Å². The first-order chi connectivity index (χ1) is 13.5. The number of anilines is 1. The van der Waals surface area contributed by atoms with E-state index in [4.69, 9.17) is 0 Å². The zero-order valence-corrected chi connectivity index (χ0v) is 16.7. The van der Waals surface area contributed by atoms with E-state index in [-0.39, 0.29) is 5.91 Å². The minimum absolute atomic E-state index is 0.101. The monoisotopic (exact) mass is 374 g/mol. The van der Waals surface area contributed by atoms with Gasteiger partial charge in [0.15, 0.2) is 0 Å². The lowest BCUT2D eigenvalue weighted by molar-refractivity contribution is 0.0747. The van der Waals surface area contributed by atoms with Crippen LogP contribution in [-0.2, 0) is 0 Å². The first-order valence-corrected chi connectivity index (χ1v) is 9.76. The van der Waals surface area contributed by atoms with E-state index in [0.717, 1.165) is 43.1 Å². The number of benzene rings is 2. The molecule has 28 heavy (non-hydrogen) atoms. The van der Waals surface area contributed by atoms with Crippen LogP contribution in [0, 0.1) is 20.8 Å². The van der Waals surface area contributed by atoms with Crippen LogP contribution >= 0.6 is 0 Å². The Labute approximate surface area is 166 Å². The van der Waals surface area contributed by atoms with Gasteiger partial charge >= 0.3 is 0 Å². The van der Waals surface area contributed by atoms with Crippen molar-refractivity contribution in [2.75, 3.05) is 31.1 Å². The largest absolute Gasteiger partial charge is 0.368 e. The van der Waals surface area contributed by atoms with Gasteiger partial charge in [-0.2, -0.15) is 5.10 Å². The predicted molar refractivity (Wildman–Crippen MR) is 112 cm³/mol. The van der Waals surface area contributed by atoms with E-state index in [1.54, 1.807) is 6.20 Å². The molecule has 0 unspecified atom stereocenters. The van der Waals surface area contributed by atoms with E-state index in [2.05, 4.69) is 42.0 Å². The van der Waals surface area contributed by atoms with Gasteiger partial charge in [-0.25, -0.2) is 4.68 Å². The van der Waals surface area contributed by atoms with Gasteiger partial charge in [0.1, 0.15) is 0 Å². The van der Waals surface area contributed by atoms with Gasteiger partial charge in [0.25, 0.3) is 5.91 Å². The molecule has 5 heteroatoms. The Morgan fingerprint density at radius 1 is 0.893 bits per heavy atom. The lowest BCUT2D eigenvalue weighted by Gasteiger charge is -2.37. The summed E-state index contributed by atoms with van der Waals surface area (Å²) in [6, 6.07) is 16.1. The molecular formula is C23H26N4O. The maximum absolute atomic E-state index is 12.9. The topological polar surface area (TPSA) is 41.4 Å². The van der Waals surface area contributed by atoms with Crippen molar-refractivity contribution in [3.63, 3.8) is 0 Å². The molecule has 144 valence electrons. The summed E-state index contributed by atoms with van der Waals surface area (Å²) in [6.45, 7) is 9.54. The summed E-state index contributed by atoms with van der Waals surface area (Å²) in [5, 5.41) is 4.32. The van der Waals surface area contributed by atoms with Gasteiger partial charge in [0.2, 0.25) is 0 Å². The van der Waals surface area contributed by atoms with Crippen LogP contribution < -0.4 is 4.90 Å². The number of aryl methyl sites for hydroxylation is 2. The first-order valence-electron chi connectivity index (χ1n) is 9.76. The highest BCUT2D eigenvalue weighted by atomic mass is 16.2. The Bertz CT molecular complexity index is 982. The summed E-state index contributed by atoms with van der Waals surface area (Å²) < 4.78 is 1.87. The molecule has 3 aromatic rings. The fraction of sp³-hybridized carbons (Fsp3) is 0.304. The summed E-state index contributed by atoms with van der Waals surface area (Å²) in [5.41, 5.74) is 6.69. The van der Waals surface area contributed by atoms with Crippen molar-refractivity contribution in [1.29, 1.82) is 0 Å². The number of carbonyl (C=O) groups is 1.